The lowest BCUT2D eigenvalue weighted by atomic mass is 10.0. The number of hydrogen-bond donors (Lipinski definition) is 2. The molecule has 3 rings (SSSR count). The maximum atomic E-state index is 14.8. The average Bonchev–Trinajstić information content (AvgIpc) is 2.76. The average molecular weight is 424 g/mol. The van der Waals surface area contributed by atoms with Gasteiger partial charge in [0.1, 0.15) is 5.82 Å². The number of hydrogen-bond acceptors (Lipinski definition) is 4. The lowest BCUT2D eigenvalue weighted by molar-refractivity contribution is -0.121. The molecule has 0 fully saturated rings. The largest absolute Gasteiger partial charge is 0.356 e. The second-order valence-electron chi connectivity index (χ2n) is 7.12. The molecule has 0 bridgehead atoms. The third-order valence-electron chi connectivity index (χ3n) is 5.06. The highest BCUT2D eigenvalue weighted by atomic mass is 19.1. The van der Waals surface area contributed by atoms with Gasteiger partial charge in [0.05, 0.1) is 16.6 Å². The van der Waals surface area contributed by atoms with Crippen molar-refractivity contribution in [1.29, 1.82) is 0 Å². The van der Waals surface area contributed by atoms with Gasteiger partial charge in [0.15, 0.2) is 0 Å². The number of nitrogens with one attached hydrogen (secondary N) is 2. The van der Waals surface area contributed by atoms with E-state index >= 15 is 0 Å². The highest BCUT2D eigenvalue weighted by molar-refractivity contribution is 5.95. The summed E-state index contributed by atoms with van der Waals surface area (Å²) in [6.07, 6.45) is 0.468. The van der Waals surface area contributed by atoms with Crippen molar-refractivity contribution in [2.75, 3.05) is 19.6 Å². The first-order valence-electron chi connectivity index (χ1n) is 10.2. The molecule has 0 saturated carbocycles. The molecule has 0 aliphatic heterocycles. The van der Waals surface area contributed by atoms with Crippen molar-refractivity contribution in [1.82, 2.24) is 20.4 Å². The van der Waals surface area contributed by atoms with Crippen molar-refractivity contribution < 1.29 is 14.0 Å². The molecule has 7 nitrogen and oxygen atoms in total. The lowest BCUT2D eigenvalue weighted by Crippen LogP contribution is -2.35. The van der Waals surface area contributed by atoms with Crippen molar-refractivity contribution >= 4 is 22.6 Å². The predicted molar refractivity (Wildman–Crippen MR) is 116 cm³/mol. The van der Waals surface area contributed by atoms with E-state index in [4.69, 9.17) is 0 Å². The summed E-state index contributed by atoms with van der Waals surface area (Å²) in [6.45, 7) is 4.72. The minimum Gasteiger partial charge on any atom is -0.356 e. The van der Waals surface area contributed by atoms with E-state index in [2.05, 4.69) is 15.5 Å². The van der Waals surface area contributed by atoms with Crippen LogP contribution in [0.15, 0.2) is 47.3 Å². The number of amides is 2. The molecule has 2 N–H and O–H groups in total. The molecule has 0 radical (unpaired) electrons. The molecule has 3 aromatic rings. The normalized spacial score (nSPS) is 10.8. The zero-order chi connectivity index (χ0) is 22.4. The molecule has 2 aromatic carbocycles. The van der Waals surface area contributed by atoms with Gasteiger partial charge in [-0.1, -0.05) is 24.3 Å². The second kappa shape index (κ2) is 9.97. The van der Waals surface area contributed by atoms with Crippen molar-refractivity contribution in [3.63, 3.8) is 0 Å². The molecule has 8 heteroatoms. The summed E-state index contributed by atoms with van der Waals surface area (Å²) in [5, 5.41) is 10.5. The van der Waals surface area contributed by atoms with E-state index in [1.807, 2.05) is 13.0 Å². The van der Waals surface area contributed by atoms with Crippen LogP contribution in [0.5, 0.6) is 0 Å². The number of aromatic nitrogens is 2. The highest BCUT2D eigenvalue weighted by Crippen LogP contribution is 2.19. The maximum Gasteiger partial charge on any atom is 0.272 e. The monoisotopic (exact) mass is 424 g/mol. The van der Waals surface area contributed by atoms with E-state index in [-0.39, 0.29) is 30.0 Å². The topological polar surface area (TPSA) is 95.2 Å². The number of carbonyl (C=O) groups excluding carboxylic acids is 2. The number of aromatic amines is 1. The SMILES string of the molecule is CCNC(=O)CCN(CC)C(=O)c1ccc(Cc2n[nH]c(=O)c3ccccc23)cc1F. The Kier molecular flexibility index (Phi) is 7.12. The van der Waals surface area contributed by atoms with Crippen molar-refractivity contribution in [2.45, 2.75) is 26.7 Å². The molecule has 1 aromatic heterocycles. The summed E-state index contributed by atoms with van der Waals surface area (Å²) < 4.78 is 14.8. The molecule has 0 spiro atoms. The second-order valence-corrected chi connectivity index (χ2v) is 7.12. The fraction of sp³-hybridized carbons (Fsp3) is 0.304. The lowest BCUT2D eigenvalue weighted by Gasteiger charge is -2.21. The van der Waals surface area contributed by atoms with Gasteiger partial charge >= 0.3 is 0 Å². The highest BCUT2D eigenvalue weighted by Gasteiger charge is 2.19. The molecule has 162 valence electrons. The van der Waals surface area contributed by atoms with Gasteiger partial charge in [0, 0.05) is 37.9 Å². The van der Waals surface area contributed by atoms with Crippen LogP contribution in [0.2, 0.25) is 0 Å². The van der Waals surface area contributed by atoms with Gasteiger partial charge in [-0.25, -0.2) is 9.49 Å². The summed E-state index contributed by atoms with van der Waals surface area (Å²) >= 11 is 0. The van der Waals surface area contributed by atoms with Crippen LogP contribution in [0.1, 0.15) is 41.9 Å². The van der Waals surface area contributed by atoms with Crippen LogP contribution in [0.3, 0.4) is 0 Å². The Labute approximate surface area is 179 Å². The van der Waals surface area contributed by atoms with E-state index in [9.17, 15) is 18.8 Å². The van der Waals surface area contributed by atoms with Crippen LogP contribution in [0.4, 0.5) is 4.39 Å². The van der Waals surface area contributed by atoms with Gasteiger partial charge < -0.3 is 10.2 Å². The molecule has 1 heterocycles. The summed E-state index contributed by atoms with van der Waals surface area (Å²) in [6, 6.07) is 11.5. The van der Waals surface area contributed by atoms with Gasteiger partial charge in [-0.15, -0.1) is 0 Å². The van der Waals surface area contributed by atoms with Crippen LogP contribution in [0.25, 0.3) is 10.8 Å². The third kappa shape index (κ3) is 5.14. The number of H-pyrrole nitrogens is 1. The zero-order valence-corrected chi connectivity index (χ0v) is 17.6. The molecule has 0 unspecified atom stereocenters. The Hall–Kier alpha value is -3.55. The first-order chi connectivity index (χ1) is 14.9. The van der Waals surface area contributed by atoms with Crippen LogP contribution in [-0.4, -0.2) is 46.5 Å². The van der Waals surface area contributed by atoms with Crippen LogP contribution in [0, 0.1) is 5.82 Å². The first-order valence-corrected chi connectivity index (χ1v) is 10.2. The van der Waals surface area contributed by atoms with Gasteiger partial charge in [-0.05, 0) is 37.6 Å². The molecule has 0 aliphatic carbocycles. The van der Waals surface area contributed by atoms with E-state index in [1.54, 1.807) is 31.2 Å². The Morgan fingerprint density at radius 1 is 1.13 bits per heavy atom. The Morgan fingerprint density at radius 2 is 1.87 bits per heavy atom. The molecular formula is C23H25FN4O3. The van der Waals surface area contributed by atoms with E-state index in [0.717, 1.165) is 0 Å². The minimum atomic E-state index is -0.632. The molecular weight excluding hydrogens is 399 g/mol. The minimum absolute atomic E-state index is 0.0409. The van der Waals surface area contributed by atoms with Crippen molar-refractivity contribution in [2.24, 2.45) is 0 Å². The number of rotatable bonds is 8. The van der Waals surface area contributed by atoms with Gasteiger partial charge in [0.25, 0.3) is 11.5 Å². The van der Waals surface area contributed by atoms with Crippen molar-refractivity contribution in [3.8, 4) is 0 Å². The Bertz CT molecular complexity index is 1160. The fourth-order valence-corrected chi connectivity index (χ4v) is 3.44. The first kappa shape index (κ1) is 22.1. The number of nitrogens with zero attached hydrogens (tertiary/aromatic N) is 2. The van der Waals surface area contributed by atoms with Gasteiger partial charge in [-0.3, -0.25) is 14.4 Å². The third-order valence-corrected chi connectivity index (χ3v) is 5.06. The zero-order valence-electron chi connectivity index (χ0n) is 17.6. The van der Waals surface area contributed by atoms with Gasteiger partial charge in [-0.2, -0.15) is 5.10 Å². The standard InChI is InChI=1S/C23H25FN4O3/c1-3-25-21(29)11-12-28(4-2)23(31)18-10-9-15(13-19(18)24)14-20-16-7-5-6-8-17(16)22(30)27-26-20/h5-10,13H,3-4,11-12,14H2,1-2H3,(H,25,29)(H,27,30). The predicted octanol–water partition coefficient (Wildman–Crippen LogP) is 2.64. The Morgan fingerprint density at radius 3 is 2.55 bits per heavy atom. The maximum absolute atomic E-state index is 14.8. The van der Waals surface area contributed by atoms with E-state index < -0.39 is 11.7 Å². The van der Waals surface area contributed by atoms with Crippen molar-refractivity contribution in [3.05, 3.63) is 75.5 Å². The molecule has 31 heavy (non-hydrogen) atoms. The van der Waals surface area contributed by atoms with Crippen LogP contribution >= 0.6 is 0 Å². The molecule has 0 saturated heterocycles. The Balaban J connectivity index is 1.78. The van der Waals surface area contributed by atoms with Crippen LogP contribution in [-0.2, 0) is 11.2 Å². The number of carbonyl (C=O) groups is 2. The van der Waals surface area contributed by atoms with Gasteiger partial charge in [0.2, 0.25) is 5.91 Å². The summed E-state index contributed by atoms with van der Waals surface area (Å²) in [4.78, 5) is 37.8. The summed E-state index contributed by atoms with van der Waals surface area (Å²) in [7, 11) is 0. The quantitative estimate of drug-likeness (QED) is 0.581. The molecule has 0 aliphatic rings. The summed E-state index contributed by atoms with van der Waals surface area (Å²) in [5.74, 6) is -1.23. The fourth-order valence-electron chi connectivity index (χ4n) is 3.44. The molecule has 2 amide bonds. The van der Waals surface area contributed by atoms with E-state index in [0.29, 0.717) is 41.5 Å². The number of halogens is 1. The van der Waals surface area contributed by atoms with E-state index in [1.165, 1.54) is 17.0 Å². The smallest absolute Gasteiger partial charge is 0.272 e. The number of benzene rings is 2. The molecule has 0 atom stereocenters. The van der Waals surface area contributed by atoms with Crippen LogP contribution < -0.4 is 10.9 Å². The summed E-state index contributed by atoms with van der Waals surface area (Å²) in [5.41, 5.74) is 0.925. The number of fused-ring (bicyclic) bond motifs is 1.